The van der Waals surface area contributed by atoms with E-state index >= 15 is 0 Å². The molecule has 0 spiro atoms. The van der Waals surface area contributed by atoms with Gasteiger partial charge in [-0.05, 0) is 61.4 Å². The number of amides is 1. The summed E-state index contributed by atoms with van der Waals surface area (Å²) in [5.74, 6) is 1.89. The van der Waals surface area contributed by atoms with Crippen LogP contribution in [0.2, 0.25) is 0 Å². The Bertz CT molecular complexity index is 1090. The number of carbonyl (C=O) groups excluding carboxylic acids is 1. The van der Waals surface area contributed by atoms with Crippen LogP contribution in [0.15, 0.2) is 65.1 Å². The fraction of sp³-hybridized carbons (Fsp3) is 0.280. The molecule has 164 valence electrons. The molecule has 1 saturated heterocycles. The number of benzene rings is 2. The van der Waals surface area contributed by atoms with E-state index in [1.165, 1.54) is 0 Å². The highest BCUT2D eigenvalue weighted by molar-refractivity contribution is 5.91. The van der Waals surface area contributed by atoms with Crippen LogP contribution in [0.4, 0.5) is 5.69 Å². The summed E-state index contributed by atoms with van der Waals surface area (Å²) in [5, 5.41) is 12.0. The fourth-order valence-corrected chi connectivity index (χ4v) is 3.75. The lowest BCUT2D eigenvalue weighted by Crippen LogP contribution is -2.44. The molecule has 3 aromatic rings. The third kappa shape index (κ3) is 5.03. The highest BCUT2D eigenvalue weighted by atomic mass is 16.5. The van der Waals surface area contributed by atoms with Gasteiger partial charge in [0.15, 0.2) is 17.3 Å². The van der Waals surface area contributed by atoms with Crippen molar-refractivity contribution < 1.29 is 18.7 Å². The maximum absolute atomic E-state index is 12.6. The zero-order valence-electron chi connectivity index (χ0n) is 17.9. The van der Waals surface area contributed by atoms with E-state index in [-0.39, 0.29) is 24.3 Å². The zero-order valence-corrected chi connectivity index (χ0v) is 17.9. The van der Waals surface area contributed by atoms with Crippen molar-refractivity contribution in [1.82, 2.24) is 5.32 Å². The molecular weight excluding hydrogens is 406 g/mol. The van der Waals surface area contributed by atoms with Crippen LogP contribution in [0, 0.1) is 11.3 Å². The number of hydrogen-bond acceptors (Lipinski definition) is 6. The number of ether oxygens (including phenoxy) is 2. The molecule has 0 unspecified atom stereocenters. The number of para-hydroxylation sites is 2. The van der Waals surface area contributed by atoms with Gasteiger partial charge < -0.3 is 24.1 Å². The van der Waals surface area contributed by atoms with Crippen molar-refractivity contribution in [3.05, 3.63) is 77.7 Å². The number of piperidine rings is 1. The quantitative estimate of drug-likeness (QED) is 0.605. The number of carbonyl (C=O) groups is 1. The molecule has 1 amide bonds. The fourth-order valence-electron chi connectivity index (χ4n) is 3.75. The van der Waals surface area contributed by atoms with E-state index in [1.807, 2.05) is 48.5 Å². The first-order valence-corrected chi connectivity index (χ1v) is 10.6. The van der Waals surface area contributed by atoms with Crippen molar-refractivity contribution in [2.75, 3.05) is 25.1 Å². The second kappa shape index (κ2) is 9.92. The number of nitrogens with one attached hydrogen (secondary N) is 1. The predicted molar refractivity (Wildman–Crippen MR) is 120 cm³/mol. The number of anilines is 1. The van der Waals surface area contributed by atoms with Crippen molar-refractivity contribution in [1.29, 1.82) is 5.26 Å². The molecule has 0 aliphatic carbocycles. The molecule has 1 N–H and O–H groups in total. The largest absolute Gasteiger partial charge is 0.493 e. The van der Waals surface area contributed by atoms with Gasteiger partial charge in [0.2, 0.25) is 0 Å². The molecule has 32 heavy (non-hydrogen) atoms. The van der Waals surface area contributed by atoms with Gasteiger partial charge in [0.1, 0.15) is 12.4 Å². The third-order valence-electron chi connectivity index (χ3n) is 5.52. The normalized spacial score (nSPS) is 13.9. The van der Waals surface area contributed by atoms with Crippen LogP contribution in [-0.4, -0.2) is 32.1 Å². The zero-order chi connectivity index (χ0) is 22.3. The van der Waals surface area contributed by atoms with E-state index in [4.69, 9.17) is 19.2 Å². The van der Waals surface area contributed by atoms with Crippen LogP contribution in [-0.2, 0) is 6.61 Å². The van der Waals surface area contributed by atoms with E-state index in [0.29, 0.717) is 22.8 Å². The average molecular weight is 431 g/mol. The molecule has 0 saturated carbocycles. The van der Waals surface area contributed by atoms with Crippen LogP contribution in [0.1, 0.15) is 34.7 Å². The van der Waals surface area contributed by atoms with Gasteiger partial charge in [0.05, 0.1) is 18.7 Å². The van der Waals surface area contributed by atoms with Crippen molar-refractivity contribution in [2.24, 2.45) is 0 Å². The van der Waals surface area contributed by atoms with Gasteiger partial charge in [0, 0.05) is 24.8 Å². The summed E-state index contributed by atoms with van der Waals surface area (Å²) in [7, 11) is 1.59. The predicted octanol–water partition coefficient (Wildman–Crippen LogP) is 4.14. The highest BCUT2D eigenvalue weighted by Gasteiger charge is 2.22. The molecular formula is C25H25N3O4. The van der Waals surface area contributed by atoms with Gasteiger partial charge >= 0.3 is 0 Å². The second-order valence-corrected chi connectivity index (χ2v) is 7.60. The molecule has 0 bridgehead atoms. The lowest BCUT2D eigenvalue weighted by atomic mass is 10.0. The maximum Gasteiger partial charge on any atom is 0.287 e. The molecule has 0 atom stereocenters. The number of nitriles is 1. The Hall–Kier alpha value is -3.92. The van der Waals surface area contributed by atoms with Crippen LogP contribution < -0.4 is 19.7 Å². The molecule has 2 aromatic carbocycles. The molecule has 0 radical (unpaired) electrons. The van der Waals surface area contributed by atoms with Gasteiger partial charge in [0.25, 0.3) is 5.91 Å². The van der Waals surface area contributed by atoms with E-state index < -0.39 is 0 Å². The number of hydrogen-bond donors (Lipinski definition) is 1. The number of furan rings is 1. The SMILES string of the molecule is COc1ccccc1OCc1ccc(C(=O)NC2CCN(c3ccc(C#N)cc3)CC2)o1. The Morgan fingerprint density at radius 2 is 1.81 bits per heavy atom. The van der Waals surface area contributed by atoms with Crippen LogP contribution in [0.25, 0.3) is 0 Å². The smallest absolute Gasteiger partial charge is 0.287 e. The molecule has 2 heterocycles. The Labute approximate surface area is 187 Å². The lowest BCUT2D eigenvalue weighted by Gasteiger charge is -2.33. The Kier molecular flexibility index (Phi) is 6.61. The summed E-state index contributed by atoms with van der Waals surface area (Å²) in [4.78, 5) is 14.9. The summed E-state index contributed by atoms with van der Waals surface area (Å²) < 4.78 is 16.7. The van der Waals surface area contributed by atoms with Gasteiger partial charge in [-0.15, -0.1) is 0 Å². The Morgan fingerprint density at radius 3 is 2.50 bits per heavy atom. The Balaban J connectivity index is 1.27. The van der Waals surface area contributed by atoms with Gasteiger partial charge in [-0.3, -0.25) is 4.79 Å². The van der Waals surface area contributed by atoms with Crippen LogP contribution in [0.3, 0.4) is 0 Å². The van der Waals surface area contributed by atoms with E-state index in [9.17, 15) is 4.79 Å². The molecule has 7 nitrogen and oxygen atoms in total. The van der Waals surface area contributed by atoms with Gasteiger partial charge in [-0.2, -0.15) is 5.26 Å². The summed E-state index contributed by atoms with van der Waals surface area (Å²) in [6.45, 7) is 1.89. The summed E-state index contributed by atoms with van der Waals surface area (Å²) in [6.07, 6.45) is 1.69. The Morgan fingerprint density at radius 1 is 1.09 bits per heavy atom. The lowest BCUT2D eigenvalue weighted by molar-refractivity contribution is 0.0898. The standard InChI is InChI=1S/C25H25N3O4/c1-30-22-4-2-3-5-23(22)31-17-21-10-11-24(32-21)25(29)27-19-12-14-28(15-13-19)20-8-6-18(16-26)7-9-20/h2-11,19H,12-15,17H2,1H3,(H,27,29). The number of methoxy groups -OCH3 is 1. The van der Waals surface area contributed by atoms with Crippen molar-refractivity contribution in [3.63, 3.8) is 0 Å². The molecule has 4 rings (SSSR count). The molecule has 1 aliphatic heterocycles. The minimum Gasteiger partial charge on any atom is -0.493 e. The summed E-state index contributed by atoms with van der Waals surface area (Å²) in [6, 6.07) is 20.6. The topological polar surface area (TPSA) is 87.7 Å². The molecule has 1 fully saturated rings. The van der Waals surface area contributed by atoms with Crippen molar-refractivity contribution >= 4 is 11.6 Å². The minimum absolute atomic E-state index is 0.0931. The van der Waals surface area contributed by atoms with Gasteiger partial charge in [-0.1, -0.05) is 12.1 Å². The maximum atomic E-state index is 12.6. The van der Waals surface area contributed by atoms with E-state index in [2.05, 4.69) is 16.3 Å². The van der Waals surface area contributed by atoms with E-state index in [0.717, 1.165) is 31.6 Å². The summed E-state index contributed by atoms with van der Waals surface area (Å²) >= 11 is 0. The van der Waals surface area contributed by atoms with Crippen LogP contribution >= 0.6 is 0 Å². The monoisotopic (exact) mass is 431 g/mol. The highest BCUT2D eigenvalue weighted by Crippen LogP contribution is 2.27. The van der Waals surface area contributed by atoms with E-state index in [1.54, 1.807) is 19.2 Å². The average Bonchev–Trinajstić information content (AvgIpc) is 3.33. The summed E-state index contributed by atoms with van der Waals surface area (Å²) in [5.41, 5.74) is 1.75. The second-order valence-electron chi connectivity index (χ2n) is 7.60. The first-order chi connectivity index (χ1) is 15.7. The molecule has 1 aliphatic rings. The van der Waals surface area contributed by atoms with Crippen molar-refractivity contribution in [2.45, 2.75) is 25.5 Å². The first kappa shape index (κ1) is 21.3. The molecule has 7 heteroatoms. The van der Waals surface area contributed by atoms with Gasteiger partial charge in [-0.25, -0.2) is 0 Å². The first-order valence-electron chi connectivity index (χ1n) is 10.6. The third-order valence-corrected chi connectivity index (χ3v) is 5.52. The van der Waals surface area contributed by atoms with Crippen LogP contribution in [0.5, 0.6) is 11.5 Å². The number of nitrogens with zero attached hydrogens (tertiary/aromatic N) is 2. The molecule has 1 aromatic heterocycles. The minimum atomic E-state index is -0.217. The number of rotatable bonds is 7. The van der Waals surface area contributed by atoms with Crippen molar-refractivity contribution in [3.8, 4) is 17.6 Å².